The van der Waals surface area contributed by atoms with Crippen molar-refractivity contribution in [3.63, 3.8) is 0 Å². The van der Waals surface area contributed by atoms with Gasteiger partial charge < -0.3 is 9.64 Å². The van der Waals surface area contributed by atoms with Crippen molar-refractivity contribution in [2.75, 3.05) is 6.54 Å². The normalized spacial score (nSPS) is 16.5. The maximum Gasteiger partial charge on any atom is 0.414 e. The minimum atomic E-state index is -0.543. The Kier molecular flexibility index (Phi) is 5.33. The van der Waals surface area contributed by atoms with Gasteiger partial charge in [-0.3, -0.25) is 10.3 Å². The van der Waals surface area contributed by atoms with Gasteiger partial charge in [0.25, 0.3) is 0 Å². The molecule has 1 amide bonds. The number of halogens is 1. The van der Waals surface area contributed by atoms with Gasteiger partial charge in [0.15, 0.2) is 0 Å². The van der Waals surface area contributed by atoms with Crippen LogP contribution in [0.4, 0.5) is 4.79 Å². The van der Waals surface area contributed by atoms with E-state index in [2.05, 4.69) is 46.9 Å². The Labute approximate surface area is 150 Å². The third kappa shape index (κ3) is 4.70. The molecular formula is C17H22IN3O2. The van der Waals surface area contributed by atoms with Crippen molar-refractivity contribution in [2.24, 2.45) is 0 Å². The summed E-state index contributed by atoms with van der Waals surface area (Å²) in [6, 6.07) is 8.27. The van der Waals surface area contributed by atoms with Crippen molar-refractivity contribution in [3.05, 3.63) is 45.8 Å². The zero-order chi connectivity index (χ0) is 17.2. The minimum absolute atomic E-state index is 0.0385. The van der Waals surface area contributed by atoms with Crippen LogP contribution in [-0.2, 0) is 4.74 Å². The molecule has 0 unspecified atom stereocenters. The summed E-state index contributed by atoms with van der Waals surface area (Å²) >= 11 is 2.27. The van der Waals surface area contributed by atoms with E-state index in [1.54, 1.807) is 12.4 Å². The SMILES string of the molecule is C[C@@H](c1ccc(I)cc1)N1C=CN(C(=O)OC(C)(C)C)CC1=N. The molecule has 0 bridgehead atoms. The Morgan fingerprint density at radius 2 is 1.87 bits per heavy atom. The molecule has 0 aromatic heterocycles. The van der Waals surface area contributed by atoms with Gasteiger partial charge in [-0.1, -0.05) is 12.1 Å². The van der Waals surface area contributed by atoms with Crippen LogP contribution in [0.15, 0.2) is 36.7 Å². The van der Waals surface area contributed by atoms with Gasteiger partial charge >= 0.3 is 6.09 Å². The van der Waals surface area contributed by atoms with Crippen molar-refractivity contribution in [3.8, 4) is 0 Å². The molecule has 2 rings (SSSR count). The highest BCUT2D eigenvalue weighted by Gasteiger charge is 2.27. The lowest BCUT2D eigenvalue weighted by atomic mass is 10.1. The first-order valence-corrected chi connectivity index (χ1v) is 8.54. The summed E-state index contributed by atoms with van der Waals surface area (Å²) in [4.78, 5) is 15.4. The van der Waals surface area contributed by atoms with Crippen molar-refractivity contribution >= 4 is 34.5 Å². The lowest BCUT2D eigenvalue weighted by Crippen LogP contribution is -2.44. The molecule has 0 spiro atoms. The fourth-order valence-corrected chi connectivity index (χ4v) is 2.61. The van der Waals surface area contributed by atoms with Gasteiger partial charge in [-0.15, -0.1) is 0 Å². The van der Waals surface area contributed by atoms with E-state index in [0.29, 0.717) is 5.84 Å². The Hall–Kier alpha value is -1.57. The predicted octanol–water partition coefficient (Wildman–Crippen LogP) is 4.35. The molecule has 1 atom stereocenters. The molecule has 0 aliphatic carbocycles. The highest BCUT2D eigenvalue weighted by Crippen LogP contribution is 2.24. The number of carbonyl (C=O) groups excluding carboxylic acids is 1. The summed E-state index contributed by atoms with van der Waals surface area (Å²) < 4.78 is 6.52. The maximum atomic E-state index is 12.1. The zero-order valence-electron chi connectivity index (χ0n) is 13.8. The van der Waals surface area contributed by atoms with Crippen molar-refractivity contribution in [1.82, 2.24) is 9.80 Å². The number of benzene rings is 1. The fourth-order valence-electron chi connectivity index (χ4n) is 2.25. The summed E-state index contributed by atoms with van der Waals surface area (Å²) in [7, 11) is 0. The average molecular weight is 427 g/mol. The van der Waals surface area contributed by atoms with E-state index in [1.807, 2.05) is 32.6 Å². The van der Waals surface area contributed by atoms with Crippen LogP contribution in [0.2, 0.25) is 0 Å². The number of hydrogen-bond donors (Lipinski definition) is 1. The average Bonchev–Trinajstić information content (AvgIpc) is 2.45. The Morgan fingerprint density at radius 3 is 2.39 bits per heavy atom. The number of carbonyl (C=O) groups is 1. The molecule has 5 nitrogen and oxygen atoms in total. The first kappa shape index (κ1) is 17.8. The number of nitrogens with zero attached hydrogens (tertiary/aromatic N) is 2. The standard InChI is InChI=1S/C17H22IN3O2/c1-12(13-5-7-14(18)8-6-13)21-10-9-20(11-15(21)19)16(22)23-17(2,3)4/h5-10,12,19H,11H2,1-4H3/t12-/m0/s1. The second-order valence-electron chi connectivity index (χ2n) is 6.49. The van der Waals surface area contributed by atoms with E-state index in [1.165, 1.54) is 8.47 Å². The lowest BCUT2D eigenvalue weighted by molar-refractivity contribution is 0.0344. The van der Waals surface area contributed by atoms with E-state index in [0.717, 1.165) is 5.56 Å². The van der Waals surface area contributed by atoms with Crippen LogP contribution in [0, 0.1) is 8.98 Å². The van der Waals surface area contributed by atoms with Crippen LogP contribution < -0.4 is 0 Å². The quantitative estimate of drug-likeness (QED) is 0.714. The molecule has 0 saturated heterocycles. The molecular weight excluding hydrogens is 405 g/mol. The number of rotatable bonds is 2. The second kappa shape index (κ2) is 6.90. The Bertz CT molecular complexity index is 620. The van der Waals surface area contributed by atoms with E-state index in [4.69, 9.17) is 10.1 Å². The van der Waals surface area contributed by atoms with Gasteiger partial charge in [-0.25, -0.2) is 4.79 Å². The van der Waals surface area contributed by atoms with E-state index >= 15 is 0 Å². The lowest BCUT2D eigenvalue weighted by Gasteiger charge is -2.35. The van der Waals surface area contributed by atoms with Crippen LogP contribution in [0.5, 0.6) is 0 Å². The fraction of sp³-hybridized carbons (Fsp3) is 0.412. The van der Waals surface area contributed by atoms with Crippen LogP contribution in [0.1, 0.15) is 39.3 Å². The molecule has 1 aliphatic rings. The van der Waals surface area contributed by atoms with Crippen LogP contribution >= 0.6 is 22.6 Å². The van der Waals surface area contributed by atoms with Gasteiger partial charge in [-0.05, 0) is 68.0 Å². The number of amides is 1. The summed E-state index contributed by atoms with van der Waals surface area (Å²) in [6.45, 7) is 7.74. The molecule has 1 heterocycles. The third-order valence-corrected chi connectivity index (χ3v) is 4.16. The van der Waals surface area contributed by atoms with Gasteiger partial charge in [0.2, 0.25) is 0 Å². The summed E-state index contributed by atoms with van der Waals surface area (Å²) in [6.07, 6.45) is 3.01. The molecule has 6 heteroatoms. The third-order valence-electron chi connectivity index (χ3n) is 3.44. The van der Waals surface area contributed by atoms with Crippen LogP contribution in [0.3, 0.4) is 0 Å². The summed E-state index contributed by atoms with van der Waals surface area (Å²) in [5, 5.41) is 8.25. The van der Waals surface area contributed by atoms with Crippen LogP contribution in [-0.4, -0.2) is 33.9 Å². The largest absolute Gasteiger partial charge is 0.443 e. The Morgan fingerprint density at radius 1 is 1.26 bits per heavy atom. The first-order valence-electron chi connectivity index (χ1n) is 7.46. The minimum Gasteiger partial charge on any atom is -0.443 e. The molecule has 0 fully saturated rings. The number of ether oxygens (including phenoxy) is 1. The first-order chi connectivity index (χ1) is 10.7. The predicted molar refractivity (Wildman–Crippen MR) is 99.2 cm³/mol. The van der Waals surface area contributed by atoms with Crippen molar-refractivity contribution < 1.29 is 9.53 Å². The van der Waals surface area contributed by atoms with Gasteiger partial charge in [-0.2, -0.15) is 0 Å². The zero-order valence-corrected chi connectivity index (χ0v) is 16.0. The number of amidine groups is 1. The smallest absolute Gasteiger partial charge is 0.414 e. The van der Waals surface area contributed by atoms with Crippen molar-refractivity contribution in [2.45, 2.75) is 39.3 Å². The molecule has 1 N–H and O–H groups in total. The molecule has 23 heavy (non-hydrogen) atoms. The molecule has 1 aromatic rings. The molecule has 0 radical (unpaired) electrons. The van der Waals surface area contributed by atoms with Gasteiger partial charge in [0, 0.05) is 16.0 Å². The monoisotopic (exact) mass is 427 g/mol. The van der Waals surface area contributed by atoms with E-state index in [9.17, 15) is 4.79 Å². The molecule has 1 aromatic carbocycles. The summed E-state index contributed by atoms with van der Waals surface area (Å²) in [5.74, 6) is 0.365. The van der Waals surface area contributed by atoms with E-state index in [-0.39, 0.29) is 12.6 Å². The van der Waals surface area contributed by atoms with E-state index < -0.39 is 11.7 Å². The second-order valence-corrected chi connectivity index (χ2v) is 7.73. The number of hydrogen-bond acceptors (Lipinski definition) is 3. The molecule has 0 saturated carbocycles. The van der Waals surface area contributed by atoms with Crippen molar-refractivity contribution in [1.29, 1.82) is 5.41 Å². The highest BCUT2D eigenvalue weighted by molar-refractivity contribution is 14.1. The Balaban J connectivity index is 2.09. The molecule has 1 aliphatic heterocycles. The maximum absolute atomic E-state index is 12.1. The number of nitrogens with one attached hydrogen (secondary N) is 1. The highest BCUT2D eigenvalue weighted by atomic mass is 127. The van der Waals surface area contributed by atoms with Gasteiger partial charge in [0.05, 0.1) is 12.6 Å². The topological polar surface area (TPSA) is 56.6 Å². The molecule has 124 valence electrons. The summed E-state index contributed by atoms with van der Waals surface area (Å²) in [5.41, 5.74) is 0.587. The van der Waals surface area contributed by atoms with Crippen LogP contribution in [0.25, 0.3) is 0 Å². The van der Waals surface area contributed by atoms with Gasteiger partial charge in [0.1, 0.15) is 11.4 Å².